The van der Waals surface area contributed by atoms with Crippen molar-refractivity contribution in [1.82, 2.24) is 14.7 Å². The predicted molar refractivity (Wildman–Crippen MR) is 153 cm³/mol. The molecule has 4 aromatic rings. The molecular formula is C30H34N4O4S. The quantitative estimate of drug-likeness (QED) is 0.253. The van der Waals surface area contributed by atoms with E-state index in [9.17, 15) is 13.5 Å². The summed E-state index contributed by atoms with van der Waals surface area (Å²) in [6.45, 7) is 12.2. The van der Waals surface area contributed by atoms with Crippen LogP contribution in [-0.4, -0.2) is 23.5 Å². The lowest BCUT2D eigenvalue weighted by atomic mass is 9.83. The van der Waals surface area contributed by atoms with Gasteiger partial charge in [0.05, 0.1) is 11.3 Å². The molecule has 0 saturated heterocycles. The van der Waals surface area contributed by atoms with Crippen molar-refractivity contribution in [3.8, 4) is 22.9 Å². The third-order valence-electron chi connectivity index (χ3n) is 6.29. The van der Waals surface area contributed by atoms with Crippen molar-refractivity contribution in [2.75, 3.05) is 5.73 Å². The Morgan fingerprint density at radius 2 is 1.59 bits per heavy atom. The fourth-order valence-corrected chi connectivity index (χ4v) is 5.55. The van der Waals surface area contributed by atoms with Gasteiger partial charge in [-0.3, -0.25) is 0 Å². The molecule has 8 nitrogen and oxygen atoms in total. The van der Waals surface area contributed by atoms with Crippen LogP contribution >= 0.6 is 0 Å². The van der Waals surface area contributed by atoms with E-state index in [1.54, 1.807) is 12.1 Å². The summed E-state index contributed by atoms with van der Waals surface area (Å²) in [5, 5.41) is 10.8. The molecular weight excluding hydrogens is 512 g/mol. The normalized spacial score (nSPS) is 12.8. The molecule has 0 radical (unpaired) electrons. The van der Waals surface area contributed by atoms with Gasteiger partial charge in [-0.15, -0.1) is 0 Å². The number of anilines is 1. The maximum absolute atomic E-state index is 13.0. The number of aliphatic hydroxyl groups is 1. The van der Waals surface area contributed by atoms with Gasteiger partial charge in [-0.25, -0.2) is 18.4 Å². The molecule has 0 fully saturated rings. The van der Waals surface area contributed by atoms with E-state index in [4.69, 9.17) is 15.5 Å². The summed E-state index contributed by atoms with van der Waals surface area (Å²) in [6, 6.07) is 19.6. The van der Waals surface area contributed by atoms with Crippen molar-refractivity contribution in [2.45, 2.75) is 58.2 Å². The highest BCUT2D eigenvalue weighted by molar-refractivity contribution is 7.89. The minimum atomic E-state index is -4.20. The first-order chi connectivity index (χ1) is 18.3. The van der Waals surface area contributed by atoms with Crippen LogP contribution in [0, 0.1) is 20.8 Å². The number of rotatable bonds is 7. The molecule has 0 amide bonds. The average molecular weight is 547 g/mol. The number of benzene rings is 2. The van der Waals surface area contributed by atoms with E-state index in [1.807, 2.05) is 51.1 Å². The molecule has 2 aromatic carbocycles. The zero-order chi connectivity index (χ0) is 28.5. The molecule has 0 aliphatic rings. The van der Waals surface area contributed by atoms with Crippen LogP contribution in [0.15, 0.2) is 71.8 Å². The minimum absolute atomic E-state index is 0.0465. The molecule has 9 heteroatoms. The van der Waals surface area contributed by atoms with Crippen molar-refractivity contribution in [1.29, 1.82) is 0 Å². The molecule has 1 atom stereocenters. The lowest BCUT2D eigenvalue weighted by Gasteiger charge is -2.24. The summed E-state index contributed by atoms with van der Waals surface area (Å²) in [7, 11) is -4.20. The monoisotopic (exact) mass is 546 g/mol. The summed E-state index contributed by atoms with van der Waals surface area (Å²) in [5.41, 5.74) is 11.2. The van der Waals surface area contributed by atoms with Gasteiger partial charge in [0, 0.05) is 5.56 Å². The first-order valence-electron chi connectivity index (χ1n) is 12.6. The number of nitrogens with zero attached hydrogens (tertiary/aromatic N) is 2. The van der Waals surface area contributed by atoms with Gasteiger partial charge in [-0.1, -0.05) is 68.8 Å². The van der Waals surface area contributed by atoms with Gasteiger partial charge in [-0.05, 0) is 67.1 Å². The zero-order valence-corrected chi connectivity index (χ0v) is 23.8. The number of hydrogen-bond donors (Lipinski definition) is 3. The lowest BCUT2D eigenvalue weighted by Crippen LogP contribution is -2.29. The summed E-state index contributed by atoms with van der Waals surface area (Å²) in [4.78, 5) is 8.67. The fourth-order valence-electron chi connectivity index (χ4n) is 4.53. The molecule has 0 aliphatic carbocycles. The Kier molecular flexibility index (Phi) is 7.79. The number of nitrogens with one attached hydrogen (secondary N) is 1. The van der Waals surface area contributed by atoms with Crippen LogP contribution in [0.25, 0.3) is 11.3 Å². The Bertz CT molecular complexity index is 1610. The van der Waals surface area contributed by atoms with Crippen LogP contribution in [0.1, 0.15) is 54.8 Å². The summed E-state index contributed by atoms with van der Waals surface area (Å²) in [5.74, 6) is 0.718. The molecule has 0 spiro atoms. The summed E-state index contributed by atoms with van der Waals surface area (Å²) >= 11 is 0. The van der Waals surface area contributed by atoms with Gasteiger partial charge >= 0.3 is 0 Å². The topological polar surface area (TPSA) is 127 Å². The van der Waals surface area contributed by atoms with Gasteiger partial charge < -0.3 is 15.6 Å². The first kappa shape index (κ1) is 28.2. The van der Waals surface area contributed by atoms with E-state index in [0.29, 0.717) is 11.4 Å². The fraction of sp³-hybridized carbons (Fsp3) is 0.267. The molecule has 0 bridgehead atoms. The standard InChI is InChI=1S/C30H34N4O4S/c1-18-16-19(2)27(20(3)17-18)38-29-22(28(35)34-39(36,37)26-13-9-12-25(31)33-26)14-15-24(32-29)21-10-7-8-11-23(21)30(4,5)6/h7-17,28,34-35H,1-6H3,(H2,31,33). The highest BCUT2D eigenvalue weighted by Gasteiger charge is 2.26. The largest absolute Gasteiger partial charge is 0.438 e. The molecule has 4 rings (SSSR count). The number of aromatic nitrogens is 2. The maximum Gasteiger partial charge on any atom is 0.260 e. The van der Waals surface area contributed by atoms with Gasteiger partial charge in [0.25, 0.3) is 10.0 Å². The SMILES string of the molecule is Cc1cc(C)c(Oc2nc(-c3ccccc3C(C)(C)C)ccc2C(O)NS(=O)(=O)c2cccc(N)n2)c(C)c1. The Balaban J connectivity index is 1.83. The van der Waals surface area contributed by atoms with E-state index in [0.717, 1.165) is 27.8 Å². The number of nitrogen functional groups attached to an aromatic ring is 1. The maximum atomic E-state index is 13.0. The summed E-state index contributed by atoms with van der Waals surface area (Å²) in [6.07, 6.45) is -1.67. The molecule has 39 heavy (non-hydrogen) atoms. The second kappa shape index (κ2) is 10.8. The van der Waals surface area contributed by atoms with Crippen molar-refractivity contribution in [3.05, 3.63) is 94.5 Å². The van der Waals surface area contributed by atoms with Gasteiger partial charge in [0.15, 0.2) is 5.03 Å². The van der Waals surface area contributed by atoms with Crippen molar-refractivity contribution < 1.29 is 18.3 Å². The highest BCUT2D eigenvalue weighted by atomic mass is 32.2. The van der Waals surface area contributed by atoms with Crippen molar-refractivity contribution >= 4 is 15.8 Å². The van der Waals surface area contributed by atoms with Crippen LogP contribution in [-0.2, 0) is 15.4 Å². The van der Waals surface area contributed by atoms with Crippen LogP contribution in [0.4, 0.5) is 5.82 Å². The number of ether oxygens (including phenoxy) is 1. The highest BCUT2D eigenvalue weighted by Crippen LogP contribution is 2.37. The molecule has 2 aromatic heterocycles. The third-order valence-corrected chi connectivity index (χ3v) is 7.60. The summed E-state index contributed by atoms with van der Waals surface area (Å²) < 4.78 is 34.6. The van der Waals surface area contributed by atoms with E-state index in [1.165, 1.54) is 18.2 Å². The molecule has 2 heterocycles. The Labute approximate surface area is 230 Å². The van der Waals surface area contributed by atoms with E-state index < -0.39 is 16.3 Å². The zero-order valence-electron chi connectivity index (χ0n) is 23.0. The first-order valence-corrected chi connectivity index (χ1v) is 14.0. The van der Waals surface area contributed by atoms with Gasteiger partial charge in [-0.2, -0.15) is 4.72 Å². The molecule has 0 saturated carbocycles. The second-order valence-electron chi connectivity index (χ2n) is 10.6. The number of aryl methyl sites for hydroxylation is 3. The number of pyridine rings is 2. The molecule has 4 N–H and O–H groups in total. The van der Waals surface area contributed by atoms with Gasteiger partial charge in [0.1, 0.15) is 17.8 Å². The number of nitrogens with two attached hydrogens (primary N) is 1. The van der Waals surface area contributed by atoms with Crippen LogP contribution in [0.3, 0.4) is 0 Å². The van der Waals surface area contributed by atoms with Crippen LogP contribution < -0.4 is 15.2 Å². The molecule has 204 valence electrons. The lowest BCUT2D eigenvalue weighted by molar-refractivity contribution is 0.162. The third kappa shape index (κ3) is 6.27. The average Bonchev–Trinajstić information content (AvgIpc) is 2.85. The van der Waals surface area contributed by atoms with Crippen LogP contribution in [0.5, 0.6) is 11.6 Å². The Morgan fingerprint density at radius 3 is 2.23 bits per heavy atom. The Morgan fingerprint density at radius 1 is 0.923 bits per heavy atom. The second-order valence-corrected chi connectivity index (χ2v) is 12.3. The molecule has 1 unspecified atom stereocenters. The number of aliphatic hydroxyl groups excluding tert-OH is 1. The Hall–Kier alpha value is -3.79. The number of sulfonamides is 1. The van der Waals surface area contributed by atoms with Crippen molar-refractivity contribution in [2.24, 2.45) is 0 Å². The van der Waals surface area contributed by atoms with E-state index >= 15 is 0 Å². The minimum Gasteiger partial charge on any atom is -0.438 e. The number of hydrogen-bond acceptors (Lipinski definition) is 7. The van der Waals surface area contributed by atoms with Gasteiger partial charge in [0.2, 0.25) is 5.88 Å². The van der Waals surface area contributed by atoms with Crippen molar-refractivity contribution in [3.63, 3.8) is 0 Å². The van der Waals surface area contributed by atoms with E-state index in [-0.39, 0.29) is 27.7 Å². The van der Waals surface area contributed by atoms with E-state index in [2.05, 4.69) is 36.5 Å². The smallest absolute Gasteiger partial charge is 0.260 e. The predicted octanol–water partition coefficient (Wildman–Crippen LogP) is 5.71. The molecule has 0 aliphatic heterocycles. The van der Waals surface area contributed by atoms with Crippen LogP contribution in [0.2, 0.25) is 0 Å².